The fourth-order valence-corrected chi connectivity index (χ4v) is 3.16. The Kier molecular flexibility index (Phi) is 3.59. The summed E-state index contributed by atoms with van der Waals surface area (Å²) in [5.74, 6) is 0. The number of nitrogens with one attached hydrogen (secondary N) is 1. The molecule has 4 rings (SSSR count). The topological polar surface area (TPSA) is 89.6 Å². The molecule has 0 bridgehead atoms. The van der Waals surface area contributed by atoms with E-state index < -0.39 is 0 Å². The number of hydrogen-bond acceptors (Lipinski definition) is 4. The van der Waals surface area contributed by atoms with Gasteiger partial charge in [-0.3, -0.25) is 4.79 Å². The quantitative estimate of drug-likeness (QED) is 0.564. The summed E-state index contributed by atoms with van der Waals surface area (Å²) in [7, 11) is 0. The highest BCUT2D eigenvalue weighted by atomic mass is 16.1. The summed E-state index contributed by atoms with van der Waals surface area (Å²) in [5.41, 5.74) is 7.67. The van der Waals surface area contributed by atoms with Crippen molar-refractivity contribution in [1.29, 1.82) is 0 Å². The number of fused-ring (bicyclic) bond motifs is 3. The molecule has 0 aliphatic heterocycles. The van der Waals surface area contributed by atoms with Crippen LogP contribution in [-0.4, -0.2) is 26.5 Å². The highest BCUT2D eigenvalue weighted by molar-refractivity contribution is 6.09. The zero-order chi connectivity index (χ0) is 16.5. The average Bonchev–Trinajstić information content (AvgIpc) is 3.13. The molecule has 0 spiro atoms. The Labute approximate surface area is 137 Å². The Bertz CT molecular complexity index is 1070. The van der Waals surface area contributed by atoms with E-state index in [9.17, 15) is 4.79 Å². The van der Waals surface area contributed by atoms with Gasteiger partial charge < -0.3 is 10.7 Å². The molecule has 2 aromatic carbocycles. The zero-order valence-corrected chi connectivity index (χ0v) is 13.1. The lowest BCUT2D eigenvalue weighted by molar-refractivity contribution is 0.804. The van der Waals surface area contributed by atoms with Crippen molar-refractivity contribution in [3.63, 3.8) is 0 Å². The van der Waals surface area contributed by atoms with E-state index in [2.05, 4.69) is 21.4 Å². The van der Waals surface area contributed by atoms with Gasteiger partial charge in [0.25, 0.3) is 5.56 Å². The van der Waals surface area contributed by atoms with Gasteiger partial charge in [-0.15, -0.1) is 5.10 Å². The van der Waals surface area contributed by atoms with Gasteiger partial charge in [0.15, 0.2) is 0 Å². The summed E-state index contributed by atoms with van der Waals surface area (Å²) in [5, 5.41) is 11.5. The maximum absolute atomic E-state index is 12.4. The first-order valence-corrected chi connectivity index (χ1v) is 7.92. The van der Waals surface area contributed by atoms with Crippen LogP contribution < -0.4 is 11.3 Å². The van der Waals surface area contributed by atoms with E-state index in [0.717, 1.165) is 34.7 Å². The van der Waals surface area contributed by atoms with Gasteiger partial charge >= 0.3 is 0 Å². The molecule has 24 heavy (non-hydrogen) atoms. The van der Waals surface area contributed by atoms with Crippen LogP contribution in [0.3, 0.4) is 0 Å². The van der Waals surface area contributed by atoms with E-state index in [4.69, 9.17) is 5.73 Å². The van der Waals surface area contributed by atoms with Crippen LogP contribution in [0.15, 0.2) is 53.7 Å². The van der Waals surface area contributed by atoms with Gasteiger partial charge in [0.05, 0.1) is 23.5 Å². The van der Waals surface area contributed by atoms with E-state index in [0.29, 0.717) is 11.9 Å². The minimum Gasteiger partial charge on any atom is -0.330 e. The molecule has 6 heteroatoms. The maximum atomic E-state index is 12.4. The van der Waals surface area contributed by atoms with Crippen molar-refractivity contribution in [1.82, 2.24) is 20.0 Å². The molecule has 0 radical (unpaired) electrons. The lowest BCUT2D eigenvalue weighted by Crippen LogP contribution is -2.07. The first-order valence-electron chi connectivity index (χ1n) is 7.92. The number of aryl methyl sites for hydroxylation is 1. The number of hydrogen-bond donors (Lipinski definition) is 2. The molecule has 0 aliphatic rings. The predicted octanol–water partition coefficient (Wildman–Crippen LogP) is 2.15. The molecule has 0 fully saturated rings. The SMILES string of the molecule is NCCCc1cc2cc[nH]c(=O)c2c2cc(-n3ccnn3)ccc12. The largest absolute Gasteiger partial charge is 0.330 e. The van der Waals surface area contributed by atoms with Gasteiger partial charge in [-0.05, 0) is 59.3 Å². The summed E-state index contributed by atoms with van der Waals surface area (Å²) in [6, 6.07) is 10.1. The van der Waals surface area contributed by atoms with Crippen molar-refractivity contribution in [2.24, 2.45) is 5.73 Å². The molecule has 4 aromatic rings. The van der Waals surface area contributed by atoms with Crippen molar-refractivity contribution in [2.75, 3.05) is 6.54 Å². The second kappa shape index (κ2) is 5.90. The van der Waals surface area contributed by atoms with Crippen molar-refractivity contribution in [3.05, 3.63) is 64.8 Å². The van der Waals surface area contributed by atoms with E-state index in [-0.39, 0.29) is 5.56 Å². The highest BCUT2D eigenvalue weighted by Crippen LogP contribution is 2.29. The van der Waals surface area contributed by atoms with Gasteiger partial charge in [0.1, 0.15) is 0 Å². The monoisotopic (exact) mass is 319 g/mol. The Morgan fingerprint density at radius 3 is 2.88 bits per heavy atom. The van der Waals surface area contributed by atoms with Crippen LogP contribution >= 0.6 is 0 Å². The molecule has 120 valence electrons. The lowest BCUT2D eigenvalue weighted by atomic mass is 9.95. The average molecular weight is 319 g/mol. The molecule has 0 aliphatic carbocycles. The number of H-pyrrole nitrogens is 1. The third-order valence-electron chi connectivity index (χ3n) is 4.28. The summed E-state index contributed by atoms with van der Waals surface area (Å²) < 4.78 is 1.69. The summed E-state index contributed by atoms with van der Waals surface area (Å²) in [4.78, 5) is 15.2. The van der Waals surface area contributed by atoms with Crippen molar-refractivity contribution >= 4 is 21.5 Å². The molecule has 6 nitrogen and oxygen atoms in total. The standard InChI is InChI=1S/C18H17N5O/c19-6-1-2-12-10-13-5-7-20-18(24)17(13)16-11-14(3-4-15(12)16)23-9-8-21-22-23/h3-5,7-11H,1-2,6,19H2,(H,20,24). The van der Waals surface area contributed by atoms with E-state index in [1.807, 2.05) is 24.3 Å². The van der Waals surface area contributed by atoms with E-state index in [1.165, 1.54) is 5.56 Å². The fourth-order valence-electron chi connectivity index (χ4n) is 3.16. The number of pyridine rings is 1. The Morgan fingerprint density at radius 2 is 2.08 bits per heavy atom. The Balaban J connectivity index is 2.06. The van der Waals surface area contributed by atoms with Gasteiger partial charge in [-0.1, -0.05) is 17.3 Å². The second-order valence-corrected chi connectivity index (χ2v) is 5.78. The van der Waals surface area contributed by atoms with Crippen molar-refractivity contribution in [3.8, 4) is 5.69 Å². The second-order valence-electron chi connectivity index (χ2n) is 5.78. The number of nitrogens with two attached hydrogens (primary N) is 1. The zero-order valence-electron chi connectivity index (χ0n) is 13.1. The first-order chi connectivity index (χ1) is 11.8. The van der Waals surface area contributed by atoms with Gasteiger partial charge in [0.2, 0.25) is 0 Å². The Morgan fingerprint density at radius 1 is 1.17 bits per heavy atom. The Hall–Kier alpha value is -2.99. The maximum Gasteiger partial charge on any atom is 0.256 e. The number of rotatable bonds is 4. The molecular weight excluding hydrogens is 302 g/mol. The molecule has 2 aromatic heterocycles. The van der Waals surface area contributed by atoms with Crippen LogP contribution in [0, 0.1) is 0 Å². The van der Waals surface area contributed by atoms with Crippen LogP contribution in [0.4, 0.5) is 0 Å². The van der Waals surface area contributed by atoms with Crippen LogP contribution in [0.5, 0.6) is 0 Å². The van der Waals surface area contributed by atoms with Crippen LogP contribution in [-0.2, 0) is 6.42 Å². The number of benzene rings is 2. The number of aromatic amines is 1. The molecule has 0 atom stereocenters. The van der Waals surface area contributed by atoms with Crippen LogP contribution in [0.25, 0.3) is 27.2 Å². The highest BCUT2D eigenvalue weighted by Gasteiger charge is 2.11. The minimum atomic E-state index is -0.0846. The van der Waals surface area contributed by atoms with Gasteiger partial charge in [0, 0.05) is 6.20 Å². The van der Waals surface area contributed by atoms with Crippen LogP contribution in [0.1, 0.15) is 12.0 Å². The predicted molar refractivity (Wildman–Crippen MR) is 94.4 cm³/mol. The third kappa shape index (κ3) is 2.37. The summed E-state index contributed by atoms with van der Waals surface area (Å²) in [6.45, 7) is 0.645. The van der Waals surface area contributed by atoms with E-state index >= 15 is 0 Å². The van der Waals surface area contributed by atoms with Crippen molar-refractivity contribution < 1.29 is 0 Å². The summed E-state index contributed by atoms with van der Waals surface area (Å²) >= 11 is 0. The molecule has 0 saturated carbocycles. The lowest BCUT2D eigenvalue weighted by Gasteiger charge is -2.11. The number of aromatic nitrogens is 4. The van der Waals surface area contributed by atoms with Gasteiger partial charge in [-0.2, -0.15) is 0 Å². The fraction of sp³-hybridized carbons (Fsp3) is 0.167. The minimum absolute atomic E-state index is 0.0846. The third-order valence-corrected chi connectivity index (χ3v) is 4.28. The van der Waals surface area contributed by atoms with Crippen LogP contribution in [0.2, 0.25) is 0 Å². The molecule has 2 heterocycles. The molecule has 0 unspecified atom stereocenters. The molecule has 3 N–H and O–H groups in total. The van der Waals surface area contributed by atoms with Gasteiger partial charge in [-0.25, -0.2) is 4.68 Å². The number of nitrogens with zero attached hydrogens (tertiary/aromatic N) is 3. The molecular formula is C18H17N5O. The van der Waals surface area contributed by atoms with E-state index in [1.54, 1.807) is 23.3 Å². The van der Waals surface area contributed by atoms with Crippen molar-refractivity contribution in [2.45, 2.75) is 12.8 Å². The molecule has 0 saturated heterocycles. The molecule has 0 amide bonds. The first kappa shape index (κ1) is 14.6. The normalized spacial score (nSPS) is 11.4. The summed E-state index contributed by atoms with van der Waals surface area (Å²) in [6.07, 6.45) is 6.90. The smallest absolute Gasteiger partial charge is 0.256 e.